The van der Waals surface area contributed by atoms with Gasteiger partial charge in [0.15, 0.2) is 0 Å². The molecular formula is C9H10IN. The lowest BCUT2D eigenvalue weighted by Gasteiger charge is -2.02. The van der Waals surface area contributed by atoms with Gasteiger partial charge in [0.2, 0.25) is 0 Å². The van der Waals surface area contributed by atoms with Crippen molar-refractivity contribution in [1.82, 2.24) is 0 Å². The van der Waals surface area contributed by atoms with E-state index >= 15 is 0 Å². The van der Waals surface area contributed by atoms with Crippen LogP contribution in [0, 0.1) is 0 Å². The Morgan fingerprint density at radius 2 is 2.09 bits per heavy atom. The molecule has 58 valence electrons. The number of para-hydroxylation sites is 1. The van der Waals surface area contributed by atoms with Crippen LogP contribution in [0.15, 0.2) is 28.3 Å². The third-order valence-corrected chi connectivity index (χ3v) is 2.48. The maximum Gasteiger partial charge on any atom is 0.0390 e. The van der Waals surface area contributed by atoms with E-state index in [0.717, 1.165) is 11.3 Å². The number of hydrogen-bond donors (Lipinski definition) is 1. The van der Waals surface area contributed by atoms with Crippen LogP contribution in [0.25, 0.3) is 5.57 Å². The highest BCUT2D eigenvalue weighted by Crippen LogP contribution is 2.21. The average molecular weight is 259 g/mol. The Kier molecular flexibility index (Phi) is 2.93. The monoisotopic (exact) mass is 259 g/mol. The van der Waals surface area contributed by atoms with Crippen molar-refractivity contribution in [2.24, 2.45) is 0 Å². The van der Waals surface area contributed by atoms with E-state index in [1.54, 1.807) is 0 Å². The van der Waals surface area contributed by atoms with Crippen LogP contribution in [0.2, 0.25) is 0 Å². The fraction of sp³-hybridized carbons (Fsp3) is 0.111. The minimum atomic E-state index is 0.845. The molecule has 0 saturated carbocycles. The molecule has 0 saturated heterocycles. The summed E-state index contributed by atoms with van der Waals surface area (Å²) in [6.45, 7) is 2.05. The molecule has 2 N–H and O–H groups in total. The highest BCUT2D eigenvalue weighted by Gasteiger charge is 1.97. The Morgan fingerprint density at radius 3 is 2.64 bits per heavy atom. The maximum absolute atomic E-state index is 5.75. The molecule has 11 heavy (non-hydrogen) atoms. The number of nitrogen functional groups attached to an aromatic ring is 1. The normalized spacial score (nSPS) is 11.6. The van der Waals surface area contributed by atoms with Gasteiger partial charge in [-0.05, 0) is 22.6 Å². The largest absolute Gasteiger partial charge is 0.398 e. The van der Waals surface area contributed by atoms with Gasteiger partial charge in [-0.25, -0.2) is 0 Å². The second kappa shape index (κ2) is 3.76. The number of halogens is 1. The van der Waals surface area contributed by atoms with Gasteiger partial charge >= 0.3 is 0 Å². The summed E-state index contributed by atoms with van der Waals surface area (Å²) in [6.07, 6.45) is 0. The van der Waals surface area contributed by atoms with Gasteiger partial charge in [-0.1, -0.05) is 40.8 Å². The van der Waals surface area contributed by atoms with E-state index in [9.17, 15) is 0 Å². The van der Waals surface area contributed by atoms with Crippen LogP contribution >= 0.6 is 22.6 Å². The van der Waals surface area contributed by atoms with Crippen molar-refractivity contribution in [2.75, 3.05) is 5.73 Å². The summed E-state index contributed by atoms with van der Waals surface area (Å²) in [4.78, 5) is 0. The zero-order valence-electron chi connectivity index (χ0n) is 6.34. The Balaban J connectivity index is 3.14. The molecule has 1 aromatic carbocycles. The van der Waals surface area contributed by atoms with E-state index in [4.69, 9.17) is 5.73 Å². The Bertz CT molecular complexity index is 279. The molecule has 0 aliphatic heterocycles. The van der Waals surface area contributed by atoms with Crippen molar-refractivity contribution in [3.8, 4) is 0 Å². The second-order valence-corrected chi connectivity index (χ2v) is 3.00. The van der Waals surface area contributed by atoms with Crippen molar-refractivity contribution in [3.05, 3.63) is 33.9 Å². The molecule has 0 radical (unpaired) electrons. The smallest absolute Gasteiger partial charge is 0.0390 e. The van der Waals surface area contributed by atoms with Gasteiger partial charge in [0.25, 0.3) is 0 Å². The average Bonchev–Trinajstić information content (AvgIpc) is 2.04. The molecule has 1 aromatic rings. The van der Waals surface area contributed by atoms with Crippen LogP contribution in [-0.4, -0.2) is 0 Å². The lowest BCUT2D eigenvalue weighted by Crippen LogP contribution is -1.90. The molecule has 0 spiro atoms. The van der Waals surface area contributed by atoms with Crippen LogP contribution in [0.5, 0.6) is 0 Å². The van der Waals surface area contributed by atoms with Crippen molar-refractivity contribution >= 4 is 33.9 Å². The Hall–Kier alpha value is -0.510. The first-order chi connectivity index (χ1) is 5.25. The lowest BCUT2D eigenvalue weighted by atomic mass is 10.1. The second-order valence-electron chi connectivity index (χ2n) is 2.38. The predicted molar refractivity (Wildman–Crippen MR) is 58.5 cm³/mol. The summed E-state index contributed by atoms with van der Waals surface area (Å²) in [5.74, 6) is 0. The van der Waals surface area contributed by atoms with Crippen LogP contribution in [0.4, 0.5) is 5.69 Å². The minimum absolute atomic E-state index is 0.845. The quantitative estimate of drug-likeness (QED) is 0.608. The maximum atomic E-state index is 5.75. The molecule has 0 unspecified atom stereocenters. The SMILES string of the molecule is C/C(=C/I)c1ccccc1N. The molecule has 2 heteroatoms. The van der Waals surface area contributed by atoms with Crippen molar-refractivity contribution in [2.45, 2.75) is 6.92 Å². The van der Waals surface area contributed by atoms with E-state index in [2.05, 4.69) is 29.5 Å². The fourth-order valence-electron chi connectivity index (χ4n) is 0.915. The topological polar surface area (TPSA) is 26.0 Å². The zero-order valence-corrected chi connectivity index (χ0v) is 8.50. The molecule has 0 amide bonds. The molecule has 0 atom stereocenters. The molecule has 0 aliphatic carbocycles. The Labute approximate surface area is 80.4 Å². The number of hydrogen-bond acceptors (Lipinski definition) is 1. The third-order valence-electron chi connectivity index (χ3n) is 1.55. The summed E-state index contributed by atoms with van der Waals surface area (Å²) in [6, 6.07) is 7.88. The van der Waals surface area contributed by atoms with Crippen LogP contribution in [0.1, 0.15) is 12.5 Å². The summed E-state index contributed by atoms with van der Waals surface area (Å²) in [7, 11) is 0. The van der Waals surface area contributed by atoms with Crippen LogP contribution in [0.3, 0.4) is 0 Å². The number of allylic oxidation sites excluding steroid dienone is 1. The van der Waals surface area contributed by atoms with Gasteiger partial charge in [-0.2, -0.15) is 0 Å². The number of anilines is 1. The molecule has 0 fully saturated rings. The fourth-order valence-corrected chi connectivity index (χ4v) is 1.25. The van der Waals surface area contributed by atoms with Crippen molar-refractivity contribution in [1.29, 1.82) is 0 Å². The molecular weight excluding hydrogens is 249 g/mol. The van der Waals surface area contributed by atoms with Crippen molar-refractivity contribution in [3.63, 3.8) is 0 Å². The van der Waals surface area contributed by atoms with Gasteiger partial charge in [-0.15, -0.1) is 0 Å². The van der Waals surface area contributed by atoms with Gasteiger partial charge in [0, 0.05) is 11.3 Å². The zero-order chi connectivity index (χ0) is 8.27. The standard InChI is InChI=1S/C9H10IN/c1-7(6-10)8-4-2-3-5-9(8)11/h2-6H,11H2,1H3/b7-6-. The van der Waals surface area contributed by atoms with Gasteiger partial charge < -0.3 is 5.73 Å². The minimum Gasteiger partial charge on any atom is -0.398 e. The van der Waals surface area contributed by atoms with Crippen molar-refractivity contribution < 1.29 is 0 Å². The van der Waals surface area contributed by atoms with Gasteiger partial charge in [-0.3, -0.25) is 0 Å². The van der Waals surface area contributed by atoms with Gasteiger partial charge in [0.1, 0.15) is 0 Å². The molecule has 1 nitrogen and oxygen atoms in total. The number of benzene rings is 1. The number of nitrogens with two attached hydrogens (primary N) is 1. The first-order valence-corrected chi connectivity index (χ1v) is 4.62. The first-order valence-electron chi connectivity index (χ1n) is 3.37. The van der Waals surface area contributed by atoms with E-state index in [1.165, 1.54) is 5.57 Å². The molecule has 0 aliphatic rings. The lowest BCUT2D eigenvalue weighted by molar-refractivity contribution is 1.57. The van der Waals surface area contributed by atoms with Gasteiger partial charge in [0.05, 0.1) is 0 Å². The highest BCUT2D eigenvalue weighted by molar-refractivity contribution is 14.1. The summed E-state index contributed by atoms with van der Waals surface area (Å²) < 4.78 is 2.03. The van der Waals surface area contributed by atoms with E-state index in [1.807, 2.05) is 28.3 Å². The molecule has 1 rings (SSSR count). The summed E-state index contributed by atoms with van der Waals surface area (Å²) >= 11 is 2.22. The molecule has 0 aromatic heterocycles. The van der Waals surface area contributed by atoms with Crippen LogP contribution < -0.4 is 5.73 Å². The van der Waals surface area contributed by atoms with E-state index < -0.39 is 0 Å². The van der Waals surface area contributed by atoms with Crippen LogP contribution in [-0.2, 0) is 0 Å². The third kappa shape index (κ3) is 1.96. The Morgan fingerprint density at radius 1 is 1.45 bits per heavy atom. The van der Waals surface area contributed by atoms with E-state index in [0.29, 0.717) is 0 Å². The van der Waals surface area contributed by atoms with E-state index in [-0.39, 0.29) is 0 Å². The summed E-state index contributed by atoms with van der Waals surface area (Å²) in [5, 5.41) is 0. The highest BCUT2D eigenvalue weighted by atomic mass is 127. The predicted octanol–water partition coefficient (Wildman–Crippen LogP) is 3.06. The molecule has 0 bridgehead atoms. The summed E-state index contributed by atoms with van der Waals surface area (Å²) in [5.41, 5.74) is 8.94. The number of rotatable bonds is 1. The first kappa shape index (κ1) is 8.59. The molecule has 0 heterocycles.